The molecule has 1 heterocycles. The maximum absolute atomic E-state index is 5.86. The predicted octanol–water partition coefficient (Wildman–Crippen LogP) is 8.96. The molecule has 4 unspecified atom stereocenters. The summed E-state index contributed by atoms with van der Waals surface area (Å²) in [7, 11) is 5.89. The average molecular weight is 593 g/mol. The molecule has 43 heavy (non-hydrogen) atoms. The second-order valence-electron chi connectivity index (χ2n) is 14.1. The van der Waals surface area contributed by atoms with E-state index in [0.29, 0.717) is 5.92 Å². The monoisotopic (exact) mass is 593 g/mol. The van der Waals surface area contributed by atoms with Crippen LogP contribution in [-0.2, 0) is 4.74 Å². The van der Waals surface area contributed by atoms with Crippen molar-refractivity contribution in [3.8, 4) is 0 Å². The second kappa shape index (κ2) is 16.6. The van der Waals surface area contributed by atoms with Crippen LogP contribution in [0.25, 0.3) is 0 Å². The number of nitrogens with zero attached hydrogens (tertiary/aromatic N) is 3. The number of aliphatic imine (C=N–C) groups is 2. The van der Waals surface area contributed by atoms with Gasteiger partial charge in [-0.15, -0.1) is 0 Å². The molecule has 0 radical (unpaired) electrons. The average Bonchev–Trinajstić information content (AvgIpc) is 3.21. The van der Waals surface area contributed by atoms with E-state index in [1.54, 1.807) is 7.11 Å². The molecule has 0 amide bonds. The summed E-state index contributed by atoms with van der Waals surface area (Å²) in [5, 5.41) is 3.62. The molecule has 0 aromatic carbocycles. The van der Waals surface area contributed by atoms with Gasteiger partial charge in [0.1, 0.15) is 11.7 Å². The first kappa shape index (κ1) is 36.8. The lowest BCUT2D eigenvalue weighted by molar-refractivity contribution is 0.129. The molecule has 5 heteroatoms. The lowest BCUT2D eigenvalue weighted by atomic mass is 9.69. The number of fused-ring (bicyclic) bond motifs is 1. The highest BCUT2D eigenvalue weighted by atomic mass is 16.5. The maximum Gasteiger partial charge on any atom is 0.103 e. The van der Waals surface area contributed by atoms with E-state index in [9.17, 15) is 0 Å². The molecular weight excluding hydrogens is 528 g/mol. The standard InChI is InChI=1S/C38H64N4O/c1-13-15-20-31(5)33(43-12)27-34-41-38(9)24-22-32(37(38,8)28-42(34)11)26-30(4)19-17-16-18-25-40-35(39-10)36(6,7)23-21-29(3)14-2/h13,15-17,20,22,24,26,29-30,33H,14,18-19,21,23,25,27-28H2,1-12H3,(H,39,40)/b15-13-,17-16-,31-20+,32-26-/t29-,30?,33?,37?,38?/m0/s1. The Bertz CT molecular complexity index is 1110. The largest absolute Gasteiger partial charge is 0.377 e. The molecule has 0 saturated carbocycles. The van der Waals surface area contributed by atoms with E-state index >= 15 is 0 Å². The molecule has 0 bridgehead atoms. The van der Waals surface area contributed by atoms with Crippen molar-refractivity contribution in [2.24, 2.45) is 32.7 Å². The number of ether oxygens (including phenoxy) is 1. The highest BCUT2D eigenvalue weighted by molar-refractivity contribution is 5.87. The van der Waals surface area contributed by atoms with Crippen LogP contribution in [-0.4, -0.2) is 62.5 Å². The minimum atomic E-state index is -0.248. The van der Waals surface area contributed by atoms with Crippen LogP contribution in [0, 0.1) is 22.7 Å². The van der Waals surface area contributed by atoms with Gasteiger partial charge in [0.05, 0.1) is 11.6 Å². The van der Waals surface area contributed by atoms with Crippen molar-refractivity contribution in [3.63, 3.8) is 0 Å². The Hall–Kier alpha value is -2.40. The third-order valence-electron chi connectivity index (χ3n) is 9.97. The third kappa shape index (κ3) is 9.80. The Kier molecular flexibility index (Phi) is 14.2. The summed E-state index contributed by atoms with van der Waals surface area (Å²) in [5.41, 5.74) is 2.41. The van der Waals surface area contributed by atoms with Crippen LogP contribution >= 0.6 is 0 Å². The minimum absolute atomic E-state index is 0.0229. The van der Waals surface area contributed by atoms with Crippen LogP contribution in [0.4, 0.5) is 0 Å². The molecule has 1 aliphatic heterocycles. The van der Waals surface area contributed by atoms with E-state index in [0.717, 1.165) is 49.9 Å². The van der Waals surface area contributed by atoms with Crippen LogP contribution in [0.1, 0.15) is 101 Å². The van der Waals surface area contributed by atoms with Gasteiger partial charge in [0, 0.05) is 51.5 Å². The number of rotatable bonds is 16. The van der Waals surface area contributed by atoms with E-state index in [1.165, 1.54) is 30.4 Å². The fourth-order valence-corrected chi connectivity index (χ4v) is 6.26. The van der Waals surface area contributed by atoms with Crippen molar-refractivity contribution in [2.45, 2.75) is 112 Å². The van der Waals surface area contributed by atoms with Crippen molar-refractivity contribution in [1.82, 2.24) is 10.2 Å². The molecular formula is C38H64N4O. The lowest BCUT2D eigenvalue weighted by Crippen LogP contribution is -2.54. The van der Waals surface area contributed by atoms with E-state index < -0.39 is 0 Å². The van der Waals surface area contributed by atoms with Crippen LogP contribution < -0.4 is 5.32 Å². The summed E-state index contributed by atoms with van der Waals surface area (Å²) in [5.74, 6) is 3.48. The van der Waals surface area contributed by atoms with Gasteiger partial charge in [-0.05, 0) is 69.4 Å². The third-order valence-corrected chi connectivity index (χ3v) is 9.97. The normalized spacial score (nSPS) is 26.4. The highest BCUT2D eigenvalue weighted by Gasteiger charge is 2.52. The highest BCUT2D eigenvalue weighted by Crippen LogP contribution is 2.51. The van der Waals surface area contributed by atoms with Gasteiger partial charge in [-0.2, -0.15) is 0 Å². The summed E-state index contributed by atoms with van der Waals surface area (Å²) < 4.78 is 5.86. The first-order chi connectivity index (χ1) is 20.3. The molecule has 1 aliphatic carbocycles. The smallest absolute Gasteiger partial charge is 0.103 e. The van der Waals surface area contributed by atoms with Gasteiger partial charge in [0.2, 0.25) is 0 Å². The molecule has 0 fully saturated rings. The second-order valence-corrected chi connectivity index (χ2v) is 14.1. The van der Waals surface area contributed by atoms with Crippen molar-refractivity contribution in [1.29, 1.82) is 0 Å². The van der Waals surface area contributed by atoms with Gasteiger partial charge < -0.3 is 15.0 Å². The van der Waals surface area contributed by atoms with Crippen LogP contribution in [0.5, 0.6) is 0 Å². The molecule has 0 aromatic heterocycles. The summed E-state index contributed by atoms with van der Waals surface area (Å²) in [6.07, 6.45) is 24.6. The van der Waals surface area contributed by atoms with Gasteiger partial charge in [0.25, 0.3) is 0 Å². The Morgan fingerprint density at radius 3 is 2.60 bits per heavy atom. The van der Waals surface area contributed by atoms with E-state index in [1.807, 2.05) is 20.0 Å². The quantitative estimate of drug-likeness (QED) is 0.0640. The maximum atomic E-state index is 5.86. The topological polar surface area (TPSA) is 49.2 Å². The Morgan fingerprint density at radius 2 is 1.98 bits per heavy atom. The van der Waals surface area contributed by atoms with Gasteiger partial charge in [-0.3, -0.25) is 9.98 Å². The molecule has 1 N–H and O–H groups in total. The lowest BCUT2D eigenvalue weighted by Gasteiger charge is -2.47. The number of amidine groups is 2. The summed E-state index contributed by atoms with van der Waals surface area (Å²) in [6, 6.07) is 0. The zero-order valence-electron chi connectivity index (χ0n) is 29.8. The van der Waals surface area contributed by atoms with Crippen molar-refractivity contribution in [2.75, 3.05) is 34.3 Å². The molecule has 5 nitrogen and oxygen atoms in total. The molecule has 2 aliphatic rings. The van der Waals surface area contributed by atoms with E-state index in [4.69, 9.17) is 9.73 Å². The number of hydrogen-bond acceptors (Lipinski definition) is 4. The molecule has 5 atom stereocenters. The molecule has 0 saturated heterocycles. The van der Waals surface area contributed by atoms with Crippen molar-refractivity contribution >= 4 is 11.7 Å². The molecule has 2 rings (SSSR count). The van der Waals surface area contributed by atoms with Crippen LogP contribution in [0.15, 0.2) is 69.7 Å². The van der Waals surface area contributed by atoms with Gasteiger partial charge in [0.15, 0.2) is 0 Å². The Balaban J connectivity index is 1.97. The summed E-state index contributed by atoms with van der Waals surface area (Å²) >= 11 is 0. The number of hydrogen-bond donors (Lipinski definition) is 1. The number of methoxy groups -OCH3 is 1. The van der Waals surface area contributed by atoms with Gasteiger partial charge in [-0.25, -0.2) is 0 Å². The summed E-state index contributed by atoms with van der Waals surface area (Å²) in [4.78, 5) is 12.3. The van der Waals surface area contributed by atoms with Gasteiger partial charge >= 0.3 is 0 Å². The zero-order valence-corrected chi connectivity index (χ0v) is 29.8. The predicted molar refractivity (Wildman–Crippen MR) is 189 cm³/mol. The minimum Gasteiger partial charge on any atom is -0.377 e. The van der Waals surface area contributed by atoms with E-state index in [2.05, 4.69) is 120 Å². The van der Waals surface area contributed by atoms with E-state index in [-0.39, 0.29) is 22.5 Å². The molecule has 0 spiro atoms. The fraction of sp³-hybridized carbons (Fsp3) is 0.684. The Morgan fingerprint density at radius 1 is 1.26 bits per heavy atom. The Labute approximate surface area is 265 Å². The first-order valence-corrected chi connectivity index (χ1v) is 16.7. The zero-order chi connectivity index (χ0) is 32.3. The molecule has 0 aromatic rings. The van der Waals surface area contributed by atoms with Gasteiger partial charge in [-0.1, -0.05) is 96.6 Å². The van der Waals surface area contributed by atoms with Crippen molar-refractivity contribution < 1.29 is 4.74 Å². The SMILES string of the molecule is C/C=C\C=C(/C)C(CC1=NC2(C)C=C/C(=C/C(C)C/C=C\CCN/C(=N\C)C(C)(C)CC[C@@H](C)CC)C2(C)CN1C)OC. The molecule has 242 valence electrons. The van der Waals surface area contributed by atoms with Crippen LogP contribution in [0.3, 0.4) is 0 Å². The first-order valence-electron chi connectivity index (χ1n) is 16.7. The number of allylic oxidation sites excluding steroid dienone is 6. The number of nitrogens with one attached hydrogen (secondary N) is 1. The van der Waals surface area contributed by atoms with Crippen molar-refractivity contribution in [3.05, 3.63) is 59.8 Å². The summed E-state index contributed by atoms with van der Waals surface area (Å²) in [6.45, 7) is 22.3. The van der Waals surface area contributed by atoms with Crippen LogP contribution in [0.2, 0.25) is 0 Å². The fourth-order valence-electron chi connectivity index (χ4n) is 6.26.